The summed E-state index contributed by atoms with van der Waals surface area (Å²) >= 11 is 0. The second-order valence-electron chi connectivity index (χ2n) is 1.95. The zero-order chi connectivity index (χ0) is 6.57. The van der Waals surface area contributed by atoms with Gasteiger partial charge in [0.15, 0.2) is 0 Å². The van der Waals surface area contributed by atoms with Crippen molar-refractivity contribution in [3.8, 4) is 0 Å². The van der Waals surface area contributed by atoms with E-state index in [9.17, 15) is 0 Å². The van der Waals surface area contributed by atoms with Crippen LogP contribution in [0.15, 0.2) is 0 Å². The molecule has 48 valence electrons. The normalized spacial score (nSPS) is 13.5. The predicted octanol–water partition coefficient (Wildman–Crippen LogP) is 0.912. The van der Waals surface area contributed by atoms with Crippen molar-refractivity contribution in [1.82, 2.24) is 0 Å². The van der Waals surface area contributed by atoms with Crippen molar-refractivity contribution < 1.29 is 9.68 Å². The maximum atomic E-state index is 8.63. The van der Waals surface area contributed by atoms with Gasteiger partial charge in [0, 0.05) is 6.10 Å². The smallest absolute Gasteiger partial charge is 0.427 e. The monoisotopic (exact) mass is 116 g/mol. The molecular formula is C5H13BO2. The SMILES string of the molecule is CCC(C)OB(C)O. The molecule has 0 aliphatic rings. The Morgan fingerprint density at radius 2 is 2.25 bits per heavy atom. The first-order valence-corrected chi connectivity index (χ1v) is 3.00. The zero-order valence-electron chi connectivity index (χ0n) is 5.72. The van der Waals surface area contributed by atoms with Crippen LogP contribution in [0.1, 0.15) is 20.3 Å². The fourth-order valence-corrected chi connectivity index (χ4v) is 0.432. The van der Waals surface area contributed by atoms with Gasteiger partial charge in [0.25, 0.3) is 0 Å². The topological polar surface area (TPSA) is 29.5 Å². The second-order valence-corrected chi connectivity index (χ2v) is 1.95. The molecule has 0 amide bonds. The van der Waals surface area contributed by atoms with Crippen molar-refractivity contribution in [2.75, 3.05) is 0 Å². The Bertz CT molecular complexity index is 56.4. The van der Waals surface area contributed by atoms with E-state index in [1.165, 1.54) is 0 Å². The van der Waals surface area contributed by atoms with Gasteiger partial charge in [0.1, 0.15) is 0 Å². The minimum absolute atomic E-state index is 0.176. The third kappa shape index (κ3) is 4.15. The average molecular weight is 116 g/mol. The molecule has 0 aromatic carbocycles. The van der Waals surface area contributed by atoms with E-state index in [4.69, 9.17) is 9.68 Å². The minimum atomic E-state index is -0.620. The Morgan fingerprint density at radius 1 is 1.75 bits per heavy atom. The molecule has 0 radical (unpaired) electrons. The van der Waals surface area contributed by atoms with E-state index in [-0.39, 0.29) is 6.10 Å². The molecule has 0 bridgehead atoms. The lowest BCUT2D eigenvalue weighted by molar-refractivity contribution is 0.182. The Hall–Kier alpha value is -0.0151. The fourth-order valence-electron chi connectivity index (χ4n) is 0.432. The van der Waals surface area contributed by atoms with Crippen LogP contribution in [-0.4, -0.2) is 18.2 Å². The van der Waals surface area contributed by atoms with Crippen molar-refractivity contribution >= 4 is 7.12 Å². The minimum Gasteiger partial charge on any atom is -0.427 e. The highest BCUT2D eigenvalue weighted by Crippen LogP contribution is 1.95. The summed E-state index contributed by atoms with van der Waals surface area (Å²) in [7, 11) is -0.620. The van der Waals surface area contributed by atoms with Gasteiger partial charge in [-0.3, -0.25) is 0 Å². The largest absolute Gasteiger partial charge is 0.450 e. The standard InChI is InChI=1S/C5H13BO2/c1-4-5(2)8-6(3)7/h5,7H,4H2,1-3H3. The van der Waals surface area contributed by atoms with Crippen molar-refractivity contribution in [2.24, 2.45) is 0 Å². The van der Waals surface area contributed by atoms with Crippen LogP contribution in [0.3, 0.4) is 0 Å². The highest BCUT2D eigenvalue weighted by molar-refractivity contribution is 6.40. The van der Waals surface area contributed by atoms with E-state index in [0.717, 1.165) is 6.42 Å². The molecule has 8 heavy (non-hydrogen) atoms. The van der Waals surface area contributed by atoms with Crippen molar-refractivity contribution in [2.45, 2.75) is 33.2 Å². The van der Waals surface area contributed by atoms with Gasteiger partial charge in [0.2, 0.25) is 0 Å². The Labute approximate surface area is 51.0 Å². The van der Waals surface area contributed by atoms with Gasteiger partial charge >= 0.3 is 7.12 Å². The second kappa shape index (κ2) is 3.92. The first kappa shape index (κ1) is 7.98. The van der Waals surface area contributed by atoms with Crippen LogP contribution in [-0.2, 0) is 4.65 Å². The molecule has 0 rings (SSSR count). The predicted molar refractivity (Wildman–Crippen MR) is 34.7 cm³/mol. The molecule has 0 spiro atoms. The summed E-state index contributed by atoms with van der Waals surface area (Å²) < 4.78 is 4.95. The molecule has 2 nitrogen and oxygen atoms in total. The molecule has 0 aromatic rings. The molecule has 0 aromatic heterocycles. The molecule has 0 saturated heterocycles. The summed E-state index contributed by atoms with van der Waals surface area (Å²) in [6.45, 7) is 5.58. The number of hydrogen-bond donors (Lipinski definition) is 1. The number of hydrogen-bond acceptors (Lipinski definition) is 2. The van der Waals surface area contributed by atoms with Crippen LogP contribution in [0.5, 0.6) is 0 Å². The molecule has 3 heteroatoms. The van der Waals surface area contributed by atoms with Crippen LogP contribution < -0.4 is 0 Å². The van der Waals surface area contributed by atoms with Gasteiger partial charge in [0.05, 0.1) is 0 Å². The van der Waals surface area contributed by atoms with Crippen LogP contribution in [0, 0.1) is 0 Å². The maximum Gasteiger partial charge on any atom is 0.450 e. The average Bonchev–Trinajstić information content (AvgIpc) is 1.65. The van der Waals surface area contributed by atoms with Crippen LogP contribution in [0.25, 0.3) is 0 Å². The molecule has 1 atom stereocenters. The van der Waals surface area contributed by atoms with Crippen LogP contribution in [0.4, 0.5) is 0 Å². The van der Waals surface area contributed by atoms with E-state index in [0.29, 0.717) is 0 Å². The quantitative estimate of drug-likeness (QED) is 0.555. The van der Waals surface area contributed by atoms with E-state index in [2.05, 4.69) is 0 Å². The molecule has 0 heterocycles. The maximum absolute atomic E-state index is 8.63. The highest BCUT2D eigenvalue weighted by atomic mass is 16.5. The molecular weight excluding hydrogens is 103 g/mol. The van der Waals surface area contributed by atoms with Crippen molar-refractivity contribution in [1.29, 1.82) is 0 Å². The zero-order valence-corrected chi connectivity index (χ0v) is 5.72. The van der Waals surface area contributed by atoms with Crippen LogP contribution >= 0.6 is 0 Å². The van der Waals surface area contributed by atoms with Gasteiger partial charge in [-0.15, -0.1) is 0 Å². The summed E-state index contributed by atoms with van der Waals surface area (Å²) in [5.74, 6) is 0. The summed E-state index contributed by atoms with van der Waals surface area (Å²) in [4.78, 5) is 0. The van der Waals surface area contributed by atoms with E-state index in [1.54, 1.807) is 6.82 Å². The van der Waals surface area contributed by atoms with Crippen molar-refractivity contribution in [3.63, 3.8) is 0 Å². The van der Waals surface area contributed by atoms with Gasteiger partial charge in [-0.05, 0) is 20.2 Å². The van der Waals surface area contributed by atoms with Gasteiger partial charge in [-0.2, -0.15) is 0 Å². The highest BCUT2D eigenvalue weighted by Gasteiger charge is 2.06. The van der Waals surface area contributed by atoms with Crippen LogP contribution in [0.2, 0.25) is 6.82 Å². The third-order valence-electron chi connectivity index (χ3n) is 1.00. The van der Waals surface area contributed by atoms with E-state index in [1.807, 2.05) is 13.8 Å². The Morgan fingerprint density at radius 3 is 2.38 bits per heavy atom. The number of rotatable bonds is 3. The Kier molecular flexibility index (Phi) is 3.92. The lowest BCUT2D eigenvalue weighted by Gasteiger charge is -2.09. The summed E-state index contributed by atoms with van der Waals surface area (Å²) in [5, 5.41) is 8.63. The first-order valence-electron chi connectivity index (χ1n) is 3.00. The lowest BCUT2D eigenvalue weighted by atomic mass is 9.96. The summed E-state index contributed by atoms with van der Waals surface area (Å²) in [6, 6.07) is 0. The molecule has 0 saturated carbocycles. The Balaban J connectivity index is 3.10. The third-order valence-corrected chi connectivity index (χ3v) is 1.00. The van der Waals surface area contributed by atoms with Gasteiger partial charge in [-0.25, -0.2) is 0 Å². The first-order chi connectivity index (χ1) is 3.66. The van der Waals surface area contributed by atoms with E-state index >= 15 is 0 Å². The summed E-state index contributed by atoms with van der Waals surface area (Å²) in [5.41, 5.74) is 0. The fraction of sp³-hybridized carbons (Fsp3) is 1.00. The van der Waals surface area contributed by atoms with Crippen molar-refractivity contribution in [3.05, 3.63) is 0 Å². The molecule has 1 N–H and O–H groups in total. The van der Waals surface area contributed by atoms with Gasteiger partial charge in [-0.1, -0.05) is 6.92 Å². The molecule has 0 aliphatic heterocycles. The lowest BCUT2D eigenvalue weighted by Crippen LogP contribution is -2.19. The molecule has 0 fully saturated rings. The summed E-state index contributed by atoms with van der Waals surface area (Å²) in [6.07, 6.45) is 1.13. The van der Waals surface area contributed by atoms with E-state index < -0.39 is 7.12 Å². The molecule has 0 aliphatic carbocycles. The van der Waals surface area contributed by atoms with Gasteiger partial charge < -0.3 is 9.68 Å². The molecule has 1 unspecified atom stereocenters.